The SMILES string of the molecule is CC/C=C/C/C=C/C/C=C/C/C=C/CCCCCCCCCC(=O)OCC(COCCC(C(=O)[O-])[N+](C)(C)C)OC(=O)CCCCCCCCCCCCCCCC/C=C/C/C=C/CC. The van der Waals surface area contributed by atoms with Gasteiger partial charge in [0.15, 0.2) is 6.10 Å². The van der Waals surface area contributed by atoms with Gasteiger partial charge >= 0.3 is 11.9 Å². The summed E-state index contributed by atoms with van der Waals surface area (Å²) in [5.74, 6) is -1.75. The van der Waals surface area contributed by atoms with Crippen LogP contribution >= 0.6 is 0 Å². The van der Waals surface area contributed by atoms with Gasteiger partial charge in [-0.2, -0.15) is 0 Å². The average Bonchev–Trinajstić information content (AvgIpc) is 3.27. The Hall–Kier alpha value is -3.23. The highest BCUT2D eigenvalue weighted by Crippen LogP contribution is 2.16. The molecular weight excluding hydrogens is 811 g/mol. The zero-order valence-corrected chi connectivity index (χ0v) is 42.6. The van der Waals surface area contributed by atoms with E-state index in [1.54, 1.807) is 21.1 Å². The number of unbranched alkanes of at least 4 members (excludes halogenated alkanes) is 21. The minimum atomic E-state index is -1.13. The fourth-order valence-electron chi connectivity index (χ4n) is 7.57. The third-order valence-electron chi connectivity index (χ3n) is 11.6. The van der Waals surface area contributed by atoms with Crippen LogP contribution in [0.25, 0.3) is 0 Å². The van der Waals surface area contributed by atoms with Crippen LogP contribution in [0.1, 0.15) is 219 Å². The van der Waals surface area contributed by atoms with Crippen LogP contribution in [-0.4, -0.2) is 75.5 Å². The van der Waals surface area contributed by atoms with Gasteiger partial charge in [-0.3, -0.25) is 9.59 Å². The van der Waals surface area contributed by atoms with Crippen molar-refractivity contribution in [2.24, 2.45) is 0 Å². The Labute approximate surface area is 400 Å². The number of allylic oxidation sites excluding steroid dienone is 12. The summed E-state index contributed by atoms with van der Waals surface area (Å²) >= 11 is 0. The van der Waals surface area contributed by atoms with E-state index in [1.165, 1.54) is 103 Å². The zero-order valence-electron chi connectivity index (χ0n) is 42.6. The molecule has 0 aliphatic heterocycles. The number of aliphatic carboxylic acids is 1. The highest BCUT2D eigenvalue weighted by atomic mass is 16.6. The molecular formula is C57H99NO7. The van der Waals surface area contributed by atoms with Crippen LogP contribution in [0.3, 0.4) is 0 Å². The summed E-state index contributed by atoms with van der Waals surface area (Å²) in [4.78, 5) is 37.1. The van der Waals surface area contributed by atoms with Crippen molar-refractivity contribution < 1.29 is 38.2 Å². The molecule has 8 nitrogen and oxygen atoms in total. The van der Waals surface area contributed by atoms with Crippen molar-refractivity contribution in [1.29, 1.82) is 0 Å². The Morgan fingerprint density at radius 1 is 0.462 bits per heavy atom. The molecule has 0 N–H and O–H groups in total. The van der Waals surface area contributed by atoms with E-state index in [0.717, 1.165) is 83.5 Å². The van der Waals surface area contributed by atoms with E-state index in [9.17, 15) is 19.5 Å². The van der Waals surface area contributed by atoms with Crippen molar-refractivity contribution in [3.63, 3.8) is 0 Å². The topological polar surface area (TPSA) is 102 Å². The van der Waals surface area contributed by atoms with Gasteiger partial charge in [-0.25, -0.2) is 0 Å². The van der Waals surface area contributed by atoms with E-state index in [1.807, 2.05) is 0 Å². The number of carbonyl (C=O) groups excluding carboxylic acids is 3. The molecule has 0 radical (unpaired) electrons. The molecule has 0 heterocycles. The van der Waals surface area contributed by atoms with E-state index in [2.05, 4.69) is 86.8 Å². The molecule has 0 aromatic carbocycles. The molecule has 0 amide bonds. The van der Waals surface area contributed by atoms with Gasteiger partial charge in [0, 0.05) is 19.3 Å². The summed E-state index contributed by atoms with van der Waals surface area (Å²) in [6.45, 7) is 4.45. The van der Waals surface area contributed by atoms with Crippen LogP contribution in [0.2, 0.25) is 0 Å². The van der Waals surface area contributed by atoms with E-state index in [4.69, 9.17) is 14.2 Å². The number of ether oxygens (including phenoxy) is 3. The molecule has 0 aliphatic rings. The predicted octanol–water partition coefficient (Wildman–Crippen LogP) is 14.1. The molecule has 2 unspecified atom stereocenters. The number of esters is 2. The molecule has 0 rings (SSSR count). The maximum Gasteiger partial charge on any atom is 0.306 e. The molecule has 0 aromatic heterocycles. The monoisotopic (exact) mass is 910 g/mol. The Bertz CT molecular complexity index is 1290. The molecule has 0 fully saturated rings. The van der Waals surface area contributed by atoms with E-state index in [-0.39, 0.29) is 42.7 Å². The van der Waals surface area contributed by atoms with Crippen molar-refractivity contribution in [1.82, 2.24) is 0 Å². The lowest BCUT2D eigenvalue weighted by Crippen LogP contribution is -2.55. The van der Waals surface area contributed by atoms with Crippen molar-refractivity contribution in [3.8, 4) is 0 Å². The predicted molar refractivity (Wildman–Crippen MR) is 272 cm³/mol. The highest BCUT2D eigenvalue weighted by Gasteiger charge is 2.25. The van der Waals surface area contributed by atoms with E-state index in [0.29, 0.717) is 12.8 Å². The van der Waals surface area contributed by atoms with E-state index < -0.39 is 18.1 Å². The van der Waals surface area contributed by atoms with E-state index >= 15 is 0 Å². The van der Waals surface area contributed by atoms with Crippen LogP contribution in [0.5, 0.6) is 0 Å². The van der Waals surface area contributed by atoms with Gasteiger partial charge in [-0.1, -0.05) is 196 Å². The molecule has 0 bridgehead atoms. The van der Waals surface area contributed by atoms with Crippen molar-refractivity contribution in [2.45, 2.75) is 231 Å². The van der Waals surface area contributed by atoms with Gasteiger partial charge < -0.3 is 28.6 Å². The molecule has 0 saturated carbocycles. The van der Waals surface area contributed by atoms with Crippen molar-refractivity contribution >= 4 is 17.9 Å². The van der Waals surface area contributed by atoms with Gasteiger partial charge in [0.1, 0.15) is 12.6 Å². The lowest BCUT2D eigenvalue weighted by molar-refractivity contribution is -0.889. The fourth-order valence-corrected chi connectivity index (χ4v) is 7.57. The van der Waals surface area contributed by atoms with Gasteiger partial charge in [-0.15, -0.1) is 0 Å². The number of rotatable bonds is 47. The summed E-state index contributed by atoms with van der Waals surface area (Å²) in [5, 5.41) is 11.7. The maximum absolute atomic E-state index is 12.8. The molecule has 374 valence electrons. The second-order valence-electron chi connectivity index (χ2n) is 18.7. The quantitative estimate of drug-likeness (QED) is 0.0259. The molecule has 65 heavy (non-hydrogen) atoms. The normalized spacial score (nSPS) is 13.4. The van der Waals surface area contributed by atoms with Crippen molar-refractivity contribution in [2.75, 3.05) is 41.0 Å². The van der Waals surface area contributed by atoms with Gasteiger partial charge in [0.25, 0.3) is 0 Å². The summed E-state index contributed by atoms with van der Waals surface area (Å²) in [6.07, 6.45) is 60.8. The average molecular weight is 910 g/mol. The van der Waals surface area contributed by atoms with Crippen LogP contribution < -0.4 is 5.11 Å². The Balaban J connectivity index is 4.23. The number of hydrogen-bond donors (Lipinski definition) is 0. The number of likely N-dealkylation sites (N-methyl/N-ethyl adjacent to an activating group) is 1. The second-order valence-corrected chi connectivity index (χ2v) is 18.7. The Morgan fingerprint density at radius 3 is 1.20 bits per heavy atom. The van der Waals surface area contributed by atoms with Gasteiger partial charge in [-0.05, 0) is 77.0 Å². The number of hydrogen-bond acceptors (Lipinski definition) is 7. The van der Waals surface area contributed by atoms with Crippen LogP contribution in [0.4, 0.5) is 0 Å². The molecule has 8 heteroatoms. The van der Waals surface area contributed by atoms with Crippen LogP contribution in [-0.2, 0) is 28.6 Å². The highest BCUT2D eigenvalue weighted by molar-refractivity contribution is 5.70. The summed E-state index contributed by atoms with van der Waals surface area (Å²) in [7, 11) is 5.41. The lowest BCUT2D eigenvalue weighted by atomic mass is 10.0. The minimum Gasteiger partial charge on any atom is -0.544 e. The Kier molecular flexibility index (Phi) is 44.9. The molecule has 0 spiro atoms. The second kappa shape index (κ2) is 47.3. The third kappa shape index (κ3) is 45.7. The largest absolute Gasteiger partial charge is 0.544 e. The molecule has 0 aromatic rings. The molecule has 2 atom stereocenters. The number of nitrogens with zero attached hydrogens (tertiary/aromatic N) is 1. The lowest BCUT2D eigenvalue weighted by Gasteiger charge is -2.34. The van der Waals surface area contributed by atoms with Gasteiger partial charge in [0.2, 0.25) is 0 Å². The van der Waals surface area contributed by atoms with Crippen molar-refractivity contribution in [3.05, 3.63) is 72.9 Å². The first-order valence-corrected chi connectivity index (χ1v) is 26.5. The fraction of sp³-hybridized carbons (Fsp3) is 0.737. The minimum absolute atomic E-state index is 0.0354. The molecule has 0 saturated heterocycles. The summed E-state index contributed by atoms with van der Waals surface area (Å²) in [6, 6.07) is -0.731. The standard InChI is InChI=1S/C57H99NO7/c1-6-8-10-12-14-16-18-20-22-24-26-28-30-32-34-36-38-40-42-44-46-48-56(60)65-53(51-63-50-49-54(57(61)62)58(3,4)5)52-64-55(59)47-45-43-41-39-37-35-33-31-29-27-25-23-21-19-17-15-13-11-9-7-2/h8-11,14-17,21,23,27,29,53-54H,6-7,12-13,18-20,22,24-26,28,30-52H2,1-5H3/b10-8+,11-9+,16-14+,17-15+,23-21+,29-27+. The first kappa shape index (κ1) is 61.8. The number of quaternary nitrogens is 1. The van der Waals surface area contributed by atoms with Gasteiger partial charge in [0.05, 0.1) is 40.3 Å². The third-order valence-corrected chi connectivity index (χ3v) is 11.6. The first-order chi connectivity index (χ1) is 31.6. The maximum atomic E-state index is 12.8. The summed E-state index contributed by atoms with van der Waals surface area (Å²) < 4.78 is 17.3. The smallest absolute Gasteiger partial charge is 0.306 e. The number of carboxylic acids is 1. The number of carboxylic acid groups (broad SMARTS) is 1. The molecule has 0 aliphatic carbocycles. The summed E-state index contributed by atoms with van der Waals surface area (Å²) in [5.41, 5.74) is 0. The van der Waals surface area contributed by atoms with Crippen LogP contribution in [0.15, 0.2) is 72.9 Å². The van der Waals surface area contributed by atoms with Crippen LogP contribution in [0, 0.1) is 0 Å². The zero-order chi connectivity index (χ0) is 47.7. The Morgan fingerprint density at radius 2 is 0.815 bits per heavy atom. The number of carbonyl (C=O) groups is 3. The first-order valence-electron chi connectivity index (χ1n) is 26.5.